The first-order valence-electron chi connectivity index (χ1n) is 7.37. The lowest BCUT2D eigenvalue weighted by Crippen LogP contribution is -2.51. The molecule has 19 heavy (non-hydrogen) atoms. The summed E-state index contributed by atoms with van der Waals surface area (Å²) in [6, 6.07) is 9.02. The Morgan fingerprint density at radius 3 is 2.42 bits per heavy atom. The molecule has 3 nitrogen and oxygen atoms in total. The zero-order valence-electron chi connectivity index (χ0n) is 11.8. The van der Waals surface area contributed by atoms with Crippen LogP contribution in [0.2, 0.25) is 0 Å². The highest BCUT2D eigenvalue weighted by Crippen LogP contribution is 2.36. The van der Waals surface area contributed by atoms with Crippen molar-refractivity contribution in [3.63, 3.8) is 0 Å². The van der Waals surface area contributed by atoms with E-state index in [0.29, 0.717) is 0 Å². The van der Waals surface area contributed by atoms with Crippen LogP contribution in [0.5, 0.6) is 0 Å². The Morgan fingerprint density at radius 1 is 1.16 bits per heavy atom. The average molecular weight is 260 g/mol. The summed E-state index contributed by atoms with van der Waals surface area (Å²) in [5.41, 5.74) is 3.07. The molecule has 0 atom stereocenters. The lowest BCUT2D eigenvalue weighted by atomic mass is 9.75. The molecular formula is C16H24N2O. The Bertz CT molecular complexity index is 405. The molecular weight excluding hydrogens is 236 g/mol. The van der Waals surface area contributed by atoms with Gasteiger partial charge in [-0.05, 0) is 25.5 Å². The zero-order valence-corrected chi connectivity index (χ0v) is 11.8. The Morgan fingerprint density at radius 2 is 1.84 bits per heavy atom. The van der Waals surface area contributed by atoms with Crippen molar-refractivity contribution in [2.45, 2.75) is 18.8 Å². The molecule has 3 rings (SSSR count). The largest absolute Gasteiger partial charge is 0.379 e. The van der Waals surface area contributed by atoms with E-state index < -0.39 is 0 Å². The molecule has 0 unspecified atom stereocenters. The number of ether oxygens (including phenoxy) is 1. The molecule has 1 N–H and O–H groups in total. The van der Waals surface area contributed by atoms with Gasteiger partial charge in [0.05, 0.1) is 13.2 Å². The fraction of sp³-hybridized carbons (Fsp3) is 0.625. The van der Waals surface area contributed by atoms with Crippen molar-refractivity contribution in [2.75, 3.05) is 45.9 Å². The van der Waals surface area contributed by atoms with Gasteiger partial charge < -0.3 is 15.0 Å². The van der Waals surface area contributed by atoms with Crippen LogP contribution in [0.1, 0.15) is 17.5 Å². The van der Waals surface area contributed by atoms with Gasteiger partial charge >= 0.3 is 0 Å². The maximum atomic E-state index is 5.53. The first-order valence-corrected chi connectivity index (χ1v) is 7.37. The summed E-state index contributed by atoms with van der Waals surface area (Å²) in [6.45, 7) is 9.76. The van der Waals surface area contributed by atoms with E-state index in [4.69, 9.17) is 4.74 Å². The minimum atomic E-state index is 0.276. The standard InChI is InChI=1S/C16H24N2O/c1-14-2-4-15(5-3-14)16(12-19-13-16)6-9-18-10-7-17-8-11-18/h2-5,17H,6-13H2,1H3. The summed E-state index contributed by atoms with van der Waals surface area (Å²) < 4.78 is 5.53. The molecule has 1 aromatic rings. The van der Waals surface area contributed by atoms with Crippen LogP contribution in [0.25, 0.3) is 0 Å². The van der Waals surface area contributed by atoms with Crippen molar-refractivity contribution in [3.05, 3.63) is 35.4 Å². The summed E-state index contributed by atoms with van der Waals surface area (Å²) >= 11 is 0. The molecule has 104 valence electrons. The van der Waals surface area contributed by atoms with E-state index in [9.17, 15) is 0 Å². The van der Waals surface area contributed by atoms with Crippen molar-refractivity contribution in [1.82, 2.24) is 10.2 Å². The number of hydrogen-bond acceptors (Lipinski definition) is 3. The molecule has 0 aromatic heterocycles. The van der Waals surface area contributed by atoms with Crippen molar-refractivity contribution in [2.24, 2.45) is 0 Å². The van der Waals surface area contributed by atoms with E-state index in [1.807, 2.05) is 0 Å². The van der Waals surface area contributed by atoms with Gasteiger partial charge in [0.25, 0.3) is 0 Å². The number of piperazine rings is 1. The Hall–Kier alpha value is -0.900. The number of rotatable bonds is 4. The predicted octanol–water partition coefficient (Wildman–Crippen LogP) is 1.56. The Labute approximate surface area is 115 Å². The van der Waals surface area contributed by atoms with Gasteiger partial charge in [0.15, 0.2) is 0 Å². The van der Waals surface area contributed by atoms with Gasteiger partial charge in [-0.1, -0.05) is 29.8 Å². The number of nitrogens with one attached hydrogen (secondary N) is 1. The quantitative estimate of drug-likeness (QED) is 0.889. The van der Waals surface area contributed by atoms with Crippen LogP contribution in [0.15, 0.2) is 24.3 Å². The monoisotopic (exact) mass is 260 g/mol. The fourth-order valence-corrected chi connectivity index (χ4v) is 3.02. The normalized spacial score (nSPS) is 23.0. The van der Waals surface area contributed by atoms with E-state index in [1.165, 1.54) is 37.2 Å². The molecule has 3 heteroatoms. The first kappa shape index (κ1) is 13.1. The van der Waals surface area contributed by atoms with Crippen LogP contribution in [0, 0.1) is 6.92 Å². The Kier molecular flexibility index (Phi) is 3.87. The lowest BCUT2D eigenvalue weighted by molar-refractivity contribution is -0.0679. The molecule has 2 saturated heterocycles. The molecule has 0 bridgehead atoms. The summed E-state index contributed by atoms with van der Waals surface area (Å²) in [4.78, 5) is 2.57. The van der Waals surface area contributed by atoms with Gasteiger partial charge in [0, 0.05) is 31.6 Å². The molecule has 0 radical (unpaired) electrons. The van der Waals surface area contributed by atoms with Gasteiger partial charge in [0.2, 0.25) is 0 Å². The Balaban J connectivity index is 1.64. The highest BCUT2D eigenvalue weighted by molar-refractivity contribution is 5.30. The van der Waals surface area contributed by atoms with Crippen LogP contribution in [-0.2, 0) is 10.2 Å². The van der Waals surface area contributed by atoms with Crippen LogP contribution < -0.4 is 5.32 Å². The van der Waals surface area contributed by atoms with Gasteiger partial charge in [-0.25, -0.2) is 0 Å². The van der Waals surface area contributed by atoms with Crippen molar-refractivity contribution in [1.29, 1.82) is 0 Å². The summed E-state index contributed by atoms with van der Waals surface area (Å²) in [5.74, 6) is 0. The molecule has 2 heterocycles. The molecule has 1 aromatic carbocycles. The van der Waals surface area contributed by atoms with Crippen LogP contribution in [0.4, 0.5) is 0 Å². The number of nitrogens with zero attached hydrogens (tertiary/aromatic N) is 1. The van der Waals surface area contributed by atoms with Crippen LogP contribution in [0.3, 0.4) is 0 Å². The molecule has 2 fully saturated rings. The smallest absolute Gasteiger partial charge is 0.0586 e. The van der Waals surface area contributed by atoms with Crippen molar-refractivity contribution in [3.8, 4) is 0 Å². The average Bonchev–Trinajstić information content (AvgIpc) is 2.41. The van der Waals surface area contributed by atoms with Gasteiger partial charge in [-0.15, -0.1) is 0 Å². The number of hydrogen-bond donors (Lipinski definition) is 1. The lowest BCUT2D eigenvalue weighted by Gasteiger charge is -2.43. The maximum Gasteiger partial charge on any atom is 0.0586 e. The minimum Gasteiger partial charge on any atom is -0.379 e. The van der Waals surface area contributed by atoms with Gasteiger partial charge in [0.1, 0.15) is 0 Å². The zero-order chi connectivity index (χ0) is 13.1. The minimum absolute atomic E-state index is 0.276. The maximum absolute atomic E-state index is 5.53. The summed E-state index contributed by atoms with van der Waals surface area (Å²) in [5, 5.41) is 3.41. The number of aryl methyl sites for hydroxylation is 1. The fourth-order valence-electron chi connectivity index (χ4n) is 3.02. The van der Waals surface area contributed by atoms with E-state index >= 15 is 0 Å². The number of benzene rings is 1. The van der Waals surface area contributed by atoms with Crippen molar-refractivity contribution < 1.29 is 4.74 Å². The molecule has 2 aliphatic rings. The van der Waals surface area contributed by atoms with Crippen LogP contribution in [-0.4, -0.2) is 50.8 Å². The van der Waals surface area contributed by atoms with Crippen molar-refractivity contribution >= 4 is 0 Å². The molecule has 0 aliphatic carbocycles. The summed E-state index contributed by atoms with van der Waals surface area (Å²) in [6.07, 6.45) is 1.22. The van der Waals surface area contributed by atoms with Crippen LogP contribution >= 0.6 is 0 Å². The second kappa shape index (κ2) is 5.61. The van der Waals surface area contributed by atoms with E-state index in [1.54, 1.807) is 0 Å². The molecule has 0 amide bonds. The molecule has 2 aliphatic heterocycles. The predicted molar refractivity (Wildman–Crippen MR) is 77.6 cm³/mol. The second-order valence-corrected chi connectivity index (χ2v) is 5.98. The van der Waals surface area contributed by atoms with E-state index in [0.717, 1.165) is 26.3 Å². The van der Waals surface area contributed by atoms with Gasteiger partial charge in [-0.2, -0.15) is 0 Å². The molecule has 0 spiro atoms. The highest BCUT2D eigenvalue weighted by Gasteiger charge is 2.40. The van der Waals surface area contributed by atoms with E-state index in [-0.39, 0.29) is 5.41 Å². The van der Waals surface area contributed by atoms with E-state index in [2.05, 4.69) is 41.4 Å². The third-order valence-corrected chi connectivity index (χ3v) is 4.54. The highest BCUT2D eigenvalue weighted by atomic mass is 16.5. The topological polar surface area (TPSA) is 24.5 Å². The third kappa shape index (κ3) is 2.83. The second-order valence-electron chi connectivity index (χ2n) is 5.98. The SMILES string of the molecule is Cc1ccc(C2(CCN3CCNCC3)COC2)cc1. The van der Waals surface area contributed by atoms with Gasteiger partial charge in [-0.3, -0.25) is 0 Å². The first-order chi connectivity index (χ1) is 9.28. The summed E-state index contributed by atoms with van der Waals surface area (Å²) in [7, 11) is 0. The molecule has 0 saturated carbocycles. The third-order valence-electron chi connectivity index (χ3n) is 4.54.